The lowest BCUT2D eigenvalue weighted by molar-refractivity contribution is -0.160. The second-order valence-electron chi connectivity index (χ2n) is 12.5. The van der Waals surface area contributed by atoms with E-state index < -0.39 is 17.9 Å². The Balaban J connectivity index is 1.17. The zero-order chi connectivity index (χ0) is 27.8. The maximum Gasteiger partial charge on any atom is 0.333 e. The lowest BCUT2D eigenvalue weighted by Crippen LogP contribution is -2.51. The second kappa shape index (κ2) is 10.9. The number of ether oxygens (including phenoxy) is 2. The van der Waals surface area contributed by atoms with E-state index in [-0.39, 0.29) is 41.5 Å². The monoisotopic (exact) mass is 535 g/mol. The number of amides is 1. The number of ketones is 1. The fourth-order valence-corrected chi connectivity index (χ4v) is 8.41. The van der Waals surface area contributed by atoms with E-state index >= 15 is 0 Å². The predicted molar refractivity (Wildman–Crippen MR) is 145 cm³/mol. The van der Waals surface area contributed by atoms with Gasteiger partial charge in [0.1, 0.15) is 6.10 Å². The van der Waals surface area contributed by atoms with E-state index in [1.54, 1.807) is 24.3 Å². The normalized spacial score (nSPS) is 34.0. The van der Waals surface area contributed by atoms with Crippen molar-refractivity contribution in [1.29, 1.82) is 0 Å². The molecular formula is C32H41NO6. The van der Waals surface area contributed by atoms with Gasteiger partial charge in [0.05, 0.1) is 13.5 Å². The summed E-state index contributed by atoms with van der Waals surface area (Å²) in [7, 11) is 1.28. The molecule has 7 nitrogen and oxygen atoms in total. The predicted octanol–water partition coefficient (Wildman–Crippen LogP) is 5.24. The molecule has 0 radical (unpaired) electrons. The van der Waals surface area contributed by atoms with Crippen LogP contribution in [-0.2, 0) is 28.7 Å². The van der Waals surface area contributed by atoms with Gasteiger partial charge in [0.15, 0.2) is 11.8 Å². The van der Waals surface area contributed by atoms with Crippen molar-refractivity contribution in [3.05, 3.63) is 47.5 Å². The van der Waals surface area contributed by atoms with Gasteiger partial charge in [-0.2, -0.15) is 0 Å². The fourth-order valence-electron chi connectivity index (χ4n) is 8.41. The largest absolute Gasteiger partial charge is 0.467 e. The first-order valence-electron chi connectivity index (χ1n) is 14.5. The third-order valence-electron chi connectivity index (χ3n) is 10.6. The van der Waals surface area contributed by atoms with Crippen molar-refractivity contribution in [1.82, 2.24) is 5.32 Å². The van der Waals surface area contributed by atoms with Crippen LogP contribution in [0.2, 0.25) is 0 Å². The number of allylic oxidation sites excluding steroid dienone is 1. The number of fused-ring (bicyclic) bond motifs is 5. The maximum atomic E-state index is 12.9. The Labute approximate surface area is 231 Å². The molecule has 4 aliphatic carbocycles. The molecule has 1 amide bonds. The molecule has 7 atom stereocenters. The van der Waals surface area contributed by atoms with Crippen LogP contribution in [0.4, 0.5) is 0 Å². The number of benzene rings is 1. The Morgan fingerprint density at radius 1 is 0.974 bits per heavy atom. The average Bonchev–Trinajstić information content (AvgIpc) is 3.26. The third-order valence-corrected chi connectivity index (χ3v) is 10.6. The Morgan fingerprint density at radius 2 is 1.74 bits per heavy atom. The third kappa shape index (κ3) is 5.17. The van der Waals surface area contributed by atoms with Crippen LogP contribution in [0.5, 0.6) is 0 Å². The topological polar surface area (TPSA) is 98.8 Å². The molecule has 5 rings (SSSR count). The molecule has 0 spiro atoms. The van der Waals surface area contributed by atoms with E-state index in [2.05, 4.69) is 19.2 Å². The smallest absolute Gasteiger partial charge is 0.333 e. The first-order chi connectivity index (χ1) is 18.7. The number of nitrogens with one attached hydrogen (secondary N) is 1. The van der Waals surface area contributed by atoms with Gasteiger partial charge in [0.25, 0.3) is 0 Å². The summed E-state index contributed by atoms with van der Waals surface area (Å²) in [6, 6.07) is 7.99. The number of methoxy groups -OCH3 is 1. The zero-order valence-electron chi connectivity index (χ0n) is 23.4. The molecule has 0 aromatic heterocycles. The number of rotatable bonds is 7. The second-order valence-corrected chi connectivity index (χ2v) is 12.5. The van der Waals surface area contributed by atoms with E-state index in [1.165, 1.54) is 12.7 Å². The highest BCUT2D eigenvalue weighted by atomic mass is 16.5. The van der Waals surface area contributed by atoms with E-state index in [0.717, 1.165) is 44.9 Å². The molecule has 210 valence electrons. The fraction of sp³-hybridized carbons (Fsp3) is 0.625. The molecule has 3 fully saturated rings. The quantitative estimate of drug-likeness (QED) is 0.480. The molecule has 0 unspecified atom stereocenters. The molecule has 0 heterocycles. The summed E-state index contributed by atoms with van der Waals surface area (Å²) in [6.45, 7) is 4.68. The van der Waals surface area contributed by atoms with Crippen LogP contribution in [0, 0.1) is 28.6 Å². The molecule has 4 aliphatic rings. The van der Waals surface area contributed by atoms with Crippen molar-refractivity contribution < 1.29 is 28.7 Å². The SMILES string of the molecule is COC(=O)[C@H](NC(=O)CCC(=O)O[C@@H]1CC[C@@H]2[C@H]3CCC4=CC(=O)CC[C@]4(C)[C@@H]3CC[C@@]21C)c1ccccc1. The summed E-state index contributed by atoms with van der Waals surface area (Å²) in [5, 5.41) is 2.70. The van der Waals surface area contributed by atoms with Crippen LogP contribution >= 0.6 is 0 Å². The van der Waals surface area contributed by atoms with Gasteiger partial charge >= 0.3 is 11.9 Å². The highest BCUT2D eigenvalue weighted by molar-refractivity contribution is 5.91. The molecule has 7 heteroatoms. The van der Waals surface area contributed by atoms with Crippen molar-refractivity contribution in [2.24, 2.45) is 28.6 Å². The highest BCUT2D eigenvalue weighted by Gasteiger charge is 2.60. The van der Waals surface area contributed by atoms with Gasteiger partial charge in [-0.1, -0.05) is 49.8 Å². The standard InChI is InChI=1S/C32H41NO6/c1-31-17-15-22(34)19-21(31)9-10-23-24-11-12-26(32(24,2)18-16-25(23)31)39-28(36)14-13-27(35)33-29(30(37)38-3)20-7-5-4-6-8-20/h4-8,19,23-26,29H,9-18H2,1-3H3,(H,33,35)/t23-,24-,25-,26-,29-,31+,32+/m1/s1. The number of esters is 2. The summed E-state index contributed by atoms with van der Waals surface area (Å²) in [6.07, 6.45) is 9.50. The van der Waals surface area contributed by atoms with Crippen LogP contribution in [0.15, 0.2) is 42.0 Å². The highest BCUT2D eigenvalue weighted by Crippen LogP contribution is 2.65. The molecular weight excluding hydrogens is 494 g/mol. The zero-order valence-corrected chi connectivity index (χ0v) is 23.4. The van der Waals surface area contributed by atoms with E-state index in [1.807, 2.05) is 12.1 Å². The summed E-state index contributed by atoms with van der Waals surface area (Å²) < 4.78 is 10.9. The van der Waals surface area contributed by atoms with Crippen LogP contribution in [0.1, 0.15) is 89.7 Å². The van der Waals surface area contributed by atoms with Gasteiger partial charge in [-0.05, 0) is 79.8 Å². The Kier molecular flexibility index (Phi) is 7.71. The Hall–Kier alpha value is -2.96. The van der Waals surface area contributed by atoms with Gasteiger partial charge in [-0.25, -0.2) is 4.79 Å². The van der Waals surface area contributed by atoms with Gasteiger partial charge in [-0.15, -0.1) is 0 Å². The Morgan fingerprint density at radius 3 is 2.49 bits per heavy atom. The lowest BCUT2D eigenvalue weighted by atomic mass is 9.47. The first kappa shape index (κ1) is 27.6. The molecule has 1 N–H and O–H groups in total. The minimum atomic E-state index is -0.917. The lowest BCUT2D eigenvalue weighted by Gasteiger charge is -2.57. The van der Waals surface area contributed by atoms with Crippen LogP contribution < -0.4 is 5.32 Å². The minimum Gasteiger partial charge on any atom is -0.467 e. The van der Waals surface area contributed by atoms with Crippen LogP contribution in [0.25, 0.3) is 0 Å². The summed E-state index contributed by atoms with van der Waals surface area (Å²) in [4.78, 5) is 49.9. The maximum absolute atomic E-state index is 12.9. The van der Waals surface area contributed by atoms with Gasteiger partial charge in [-0.3, -0.25) is 14.4 Å². The van der Waals surface area contributed by atoms with Crippen molar-refractivity contribution in [3.8, 4) is 0 Å². The van der Waals surface area contributed by atoms with Gasteiger partial charge in [0.2, 0.25) is 5.91 Å². The molecule has 1 aromatic rings. The van der Waals surface area contributed by atoms with Gasteiger partial charge < -0.3 is 14.8 Å². The molecule has 0 aliphatic heterocycles. The van der Waals surface area contributed by atoms with Crippen molar-refractivity contribution >= 4 is 23.6 Å². The van der Waals surface area contributed by atoms with E-state index in [0.29, 0.717) is 29.7 Å². The van der Waals surface area contributed by atoms with Crippen molar-refractivity contribution in [3.63, 3.8) is 0 Å². The molecule has 3 saturated carbocycles. The van der Waals surface area contributed by atoms with E-state index in [9.17, 15) is 19.2 Å². The Bertz CT molecular complexity index is 1160. The molecule has 0 bridgehead atoms. The van der Waals surface area contributed by atoms with Gasteiger partial charge in [0, 0.05) is 18.3 Å². The number of hydrogen-bond acceptors (Lipinski definition) is 6. The van der Waals surface area contributed by atoms with Crippen LogP contribution in [-0.4, -0.2) is 36.8 Å². The molecule has 0 saturated heterocycles. The first-order valence-corrected chi connectivity index (χ1v) is 14.5. The number of hydrogen-bond donors (Lipinski definition) is 1. The summed E-state index contributed by atoms with van der Waals surface area (Å²) in [5.74, 6) is 0.671. The van der Waals surface area contributed by atoms with E-state index in [4.69, 9.17) is 9.47 Å². The van der Waals surface area contributed by atoms with Crippen molar-refractivity contribution in [2.75, 3.05) is 7.11 Å². The average molecular weight is 536 g/mol. The minimum absolute atomic E-state index is 0.0297. The summed E-state index contributed by atoms with van der Waals surface area (Å²) in [5.41, 5.74) is 2.07. The van der Waals surface area contributed by atoms with Crippen LogP contribution in [0.3, 0.4) is 0 Å². The molecule has 1 aromatic carbocycles. The number of carbonyl (C=O) groups is 4. The summed E-state index contributed by atoms with van der Waals surface area (Å²) >= 11 is 0. The van der Waals surface area contributed by atoms with Crippen molar-refractivity contribution in [2.45, 2.75) is 90.2 Å². The molecule has 39 heavy (non-hydrogen) atoms. The number of carbonyl (C=O) groups excluding carboxylic acids is 4.